The molecule has 5 rings (SSSR count). The molecule has 7 atom stereocenters. The molecule has 2 aliphatic heterocycles. The van der Waals surface area contributed by atoms with Crippen LogP contribution in [0.5, 0.6) is 5.75 Å². The van der Waals surface area contributed by atoms with E-state index in [9.17, 15) is 9.00 Å². The minimum atomic E-state index is -1.50. The van der Waals surface area contributed by atoms with Crippen molar-refractivity contribution in [3.05, 3.63) is 58.1 Å². The van der Waals surface area contributed by atoms with Gasteiger partial charge in [-0.05, 0) is 104 Å². The topological polar surface area (TPSA) is 83.5 Å². The van der Waals surface area contributed by atoms with Crippen molar-refractivity contribution in [1.82, 2.24) is 9.62 Å². The first-order chi connectivity index (χ1) is 22.6. The SMILES string of the molecule is CCCc1cc(Cl)ccc1C1COc2ccc3cc2N(C1)CC1CCC1C(C/C(=N\OC)N(C)C)CCCC(C)C(C)S(=O)NC3=O. The molecule has 1 saturated carbocycles. The molecule has 3 aliphatic rings. The number of amides is 1. The number of hydrogen-bond acceptors (Lipinski definition) is 6. The summed E-state index contributed by atoms with van der Waals surface area (Å²) in [6, 6.07) is 11.9. The van der Waals surface area contributed by atoms with Crippen LogP contribution < -0.4 is 14.4 Å². The van der Waals surface area contributed by atoms with Crippen LogP contribution in [-0.4, -0.2) is 67.0 Å². The second-order valence-electron chi connectivity index (χ2n) is 14.1. The predicted octanol–water partition coefficient (Wildman–Crippen LogP) is 7.43. The van der Waals surface area contributed by atoms with Crippen LogP contribution in [0.1, 0.15) is 93.1 Å². The Morgan fingerprint density at radius 2 is 1.94 bits per heavy atom. The number of hydrogen-bond donors (Lipinski definition) is 1. The summed E-state index contributed by atoms with van der Waals surface area (Å²) in [6.07, 6.45) is 8.30. The standard InChI is InChI=1S/C37H53ClN4O4S/c1-7-9-26-18-31(38)14-16-33(26)30-22-42-21-29-12-15-32(29)27(20-36(39-45-6)41(4)5)11-8-10-24(2)25(3)47(44)40-37(43)28-13-17-35(46-23-30)34(42)19-28/h13-14,16-19,24-25,27,29-30,32H,7-12,15,20-23H2,1-6H3,(H,40,43)/b39-36+. The molecule has 10 heteroatoms. The Labute approximate surface area is 289 Å². The van der Waals surface area contributed by atoms with Gasteiger partial charge >= 0.3 is 0 Å². The van der Waals surface area contributed by atoms with E-state index >= 15 is 0 Å². The van der Waals surface area contributed by atoms with E-state index in [0.29, 0.717) is 29.9 Å². The summed E-state index contributed by atoms with van der Waals surface area (Å²) in [4.78, 5) is 23.3. The number of nitrogens with zero attached hydrogens (tertiary/aromatic N) is 3. The molecule has 1 fully saturated rings. The molecule has 7 unspecified atom stereocenters. The number of nitrogens with one attached hydrogen (secondary N) is 1. The van der Waals surface area contributed by atoms with E-state index in [4.69, 9.17) is 21.2 Å². The summed E-state index contributed by atoms with van der Waals surface area (Å²) in [6.45, 7) is 8.53. The molecule has 8 nitrogen and oxygen atoms in total. The quantitative estimate of drug-likeness (QED) is 0.194. The first-order valence-corrected chi connectivity index (χ1v) is 19.0. The average Bonchev–Trinajstić information content (AvgIpc) is 3.21. The number of aryl methyl sites for hydroxylation is 1. The van der Waals surface area contributed by atoms with Gasteiger partial charge in [-0.25, -0.2) is 4.21 Å². The van der Waals surface area contributed by atoms with Gasteiger partial charge in [-0.1, -0.05) is 49.5 Å². The smallest absolute Gasteiger partial charge is 0.263 e. The highest BCUT2D eigenvalue weighted by atomic mass is 35.5. The van der Waals surface area contributed by atoms with Crippen molar-refractivity contribution >= 4 is 40.0 Å². The summed E-state index contributed by atoms with van der Waals surface area (Å²) >= 11 is 6.46. The number of amidine groups is 1. The maximum atomic E-state index is 13.5. The van der Waals surface area contributed by atoms with Crippen molar-refractivity contribution < 1.29 is 18.6 Å². The number of carbonyl (C=O) groups is 1. The van der Waals surface area contributed by atoms with E-state index in [-0.39, 0.29) is 23.0 Å². The van der Waals surface area contributed by atoms with Crippen LogP contribution in [-0.2, 0) is 22.2 Å². The summed E-state index contributed by atoms with van der Waals surface area (Å²) in [5, 5.41) is 5.00. The molecule has 2 aromatic carbocycles. The second kappa shape index (κ2) is 16.1. The molecule has 47 heavy (non-hydrogen) atoms. The normalized spacial score (nSPS) is 28.7. The maximum absolute atomic E-state index is 13.5. The molecule has 1 amide bonds. The Balaban J connectivity index is 1.53. The molecule has 0 radical (unpaired) electrons. The number of rotatable bonds is 6. The summed E-state index contributed by atoms with van der Waals surface area (Å²) < 4.78 is 22.7. The van der Waals surface area contributed by atoms with Crippen LogP contribution in [0.15, 0.2) is 41.6 Å². The van der Waals surface area contributed by atoms with Crippen molar-refractivity contribution in [3.63, 3.8) is 0 Å². The minimum Gasteiger partial charge on any atom is -0.491 e. The Morgan fingerprint density at radius 3 is 2.64 bits per heavy atom. The lowest BCUT2D eigenvalue weighted by Crippen LogP contribution is -2.44. The van der Waals surface area contributed by atoms with Gasteiger partial charge in [0.15, 0.2) is 0 Å². The zero-order chi connectivity index (χ0) is 33.7. The van der Waals surface area contributed by atoms with Crippen LogP contribution in [0.4, 0.5) is 5.69 Å². The molecule has 2 aromatic rings. The van der Waals surface area contributed by atoms with Gasteiger partial charge in [-0.3, -0.25) is 9.52 Å². The lowest BCUT2D eigenvalue weighted by molar-refractivity contribution is 0.0981. The van der Waals surface area contributed by atoms with Crippen molar-refractivity contribution in [3.8, 4) is 5.75 Å². The van der Waals surface area contributed by atoms with E-state index in [1.807, 2.05) is 39.2 Å². The predicted molar refractivity (Wildman–Crippen MR) is 193 cm³/mol. The fourth-order valence-corrected chi connectivity index (χ4v) is 8.92. The molecule has 2 bridgehead atoms. The van der Waals surface area contributed by atoms with Gasteiger partial charge in [0.25, 0.3) is 5.91 Å². The van der Waals surface area contributed by atoms with E-state index in [2.05, 4.69) is 45.7 Å². The van der Waals surface area contributed by atoms with Crippen molar-refractivity contribution in [2.45, 2.75) is 83.3 Å². The largest absolute Gasteiger partial charge is 0.491 e. The molecule has 0 aromatic heterocycles. The molecular formula is C37H53ClN4O4S. The van der Waals surface area contributed by atoms with Crippen molar-refractivity contribution in [2.24, 2.45) is 28.8 Å². The van der Waals surface area contributed by atoms with Crippen molar-refractivity contribution in [1.29, 1.82) is 0 Å². The number of fused-ring (bicyclic) bond motifs is 2. The number of oxime groups is 1. The van der Waals surface area contributed by atoms with E-state index < -0.39 is 11.0 Å². The Bertz CT molecular complexity index is 1450. The van der Waals surface area contributed by atoms with Gasteiger partial charge in [0.05, 0.1) is 17.5 Å². The van der Waals surface area contributed by atoms with Crippen LogP contribution >= 0.6 is 11.6 Å². The van der Waals surface area contributed by atoms with E-state index in [1.165, 1.54) is 24.0 Å². The molecule has 1 N–H and O–H groups in total. The van der Waals surface area contributed by atoms with Gasteiger partial charge < -0.3 is 19.4 Å². The van der Waals surface area contributed by atoms with E-state index in [0.717, 1.165) is 73.9 Å². The van der Waals surface area contributed by atoms with Crippen LogP contribution in [0, 0.1) is 23.7 Å². The summed E-state index contributed by atoms with van der Waals surface area (Å²) in [7, 11) is 4.19. The van der Waals surface area contributed by atoms with Crippen LogP contribution in [0.2, 0.25) is 5.02 Å². The Kier molecular flexibility index (Phi) is 12.2. The zero-order valence-corrected chi connectivity index (χ0v) is 30.5. The Morgan fingerprint density at radius 1 is 1.13 bits per heavy atom. The van der Waals surface area contributed by atoms with Gasteiger partial charge in [0, 0.05) is 50.1 Å². The number of anilines is 1. The molecule has 2 heterocycles. The number of ether oxygens (including phenoxy) is 1. The lowest BCUT2D eigenvalue weighted by atomic mass is 9.64. The third-order valence-corrected chi connectivity index (χ3v) is 12.5. The average molecular weight is 685 g/mol. The maximum Gasteiger partial charge on any atom is 0.263 e. The highest BCUT2D eigenvalue weighted by Crippen LogP contribution is 2.46. The second-order valence-corrected chi connectivity index (χ2v) is 16.1. The van der Waals surface area contributed by atoms with Gasteiger partial charge in [0.1, 0.15) is 29.7 Å². The third-order valence-electron chi connectivity index (χ3n) is 10.8. The fraction of sp³-hybridized carbons (Fsp3) is 0.622. The zero-order valence-electron chi connectivity index (χ0n) is 29.0. The molecule has 1 aliphatic carbocycles. The first kappa shape index (κ1) is 35.5. The van der Waals surface area contributed by atoms with Gasteiger partial charge in [-0.15, -0.1) is 0 Å². The van der Waals surface area contributed by atoms with Gasteiger partial charge in [0.2, 0.25) is 0 Å². The number of carbonyl (C=O) groups excluding carboxylic acids is 1. The number of benzene rings is 2. The highest BCUT2D eigenvalue weighted by Gasteiger charge is 2.40. The summed E-state index contributed by atoms with van der Waals surface area (Å²) in [5.74, 6) is 3.31. The van der Waals surface area contributed by atoms with Crippen LogP contribution in [0.3, 0.4) is 0 Å². The number of halogens is 1. The molecule has 258 valence electrons. The molecule has 0 saturated heterocycles. The lowest BCUT2D eigenvalue weighted by Gasteiger charge is -2.45. The van der Waals surface area contributed by atoms with E-state index in [1.54, 1.807) is 13.2 Å². The van der Waals surface area contributed by atoms with Crippen molar-refractivity contribution in [2.75, 3.05) is 45.8 Å². The van der Waals surface area contributed by atoms with Crippen LogP contribution in [0.25, 0.3) is 0 Å². The van der Waals surface area contributed by atoms with Gasteiger partial charge in [-0.2, -0.15) is 0 Å². The molecule has 0 spiro atoms. The highest BCUT2D eigenvalue weighted by molar-refractivity contribution is 7.84. The third kappa shape index (κ3) is 8.45. The first-order valence-electron chi connectivity index (χ1n) is 17.4. The Hall–Kier alpha value is -2.78. The minimum absolute atomic E-state index is 0.141. The fourth-order valence-electron chi connectivity index (χ4n) is 7.68. The monoisotopic (exact) mass is 684 g/mol. The summed E-state index contributed by atoms with van der Waals surface area (Å²) in [5.41, 5.74) is 3.99. The molecular weight excluding hydrogens is 632 g/mol.